The van der Waals surface area contributed by atoms with E-state index in [-0.39, 0.29) is 17.9 Å². The SMILES string of the molecule is Cc1cc(COc2ccc(CO)cc2C(F)(F)F)on1. The Labute approximate surface area is 112 Å². The van der Waals surface area contributed by atoms with Gasteiger partial charge in [-0.2, -0.15) is 13.2 Å². The quantitative estimate of drug-likeness (QED) is 0.939. The van der Waals surface area contributed by atoms with Crippen LogP contribution in [0.2, 0.25) is 0 Å². The number of rotatable bonds is 4. The first kappa shape index (κ1) is 14.4. The summed E-state index contributed by atoms with van der Waals surface area (Å²) in [5.41, 5.74) is -0.143. The summed E-state index contributed by atoms with van der Waals surface area (Å²) < 4.78 is 48.7. The van der Waals surface area contributed by atoms with Crippen molar-refractivity contribution in [3.05, 3.63) is 46.8 Å². The lowest BCUT2D eigenvalue weighted by Gasteiger charge is -2.14. The van der Waals surface area contributed by atoms with E-state index in [0.717, 1.165) is 6.07 Å². The zero-order valence-electron chi connectivity index (χ0n) is 10.6. The highest BCUT2D eigenvalue weighted by Crippen LogP contribution is 2.37. The minimum Gasteiger partial charge on any atom is -0.485 e. The molecule has 2 aromatic rings. The van der Waals surface area contributed by atoms with Gasteiger partial charge in [0.25, 0.3) is 0 Å². The molecule has 0 atom stereocenters. The molecule has 1 heterocycles. The zero-order chi connectivity index (χ0) is 14.8. The van der Waals surface area contributed by atoms with Crippen molar-refractivity contribution in [1.82, 2.24) is 5.16 Å². The van der Waals surface area contributed by atoms with Gasteiger partial charge in [0, 0.05) is 6.07 Å². The summed E-state index contributed by atoms with van der Waals surface area (Å²) in [6.07, 6.45) is -4.56. The third kappa shape index (κ3) is 3.30. The molecule has 0 aliphatic carbocycles. The van der Waals surface area contributed by atoms with Crippen LogP contribution in [0.25, 0.3) is 0 Å². The minimum atomic E-state index is -4.56. The van der Waals surface area contributed by atoms with Gasteiger partial charge in [0.15, 0.2) is 5.76 Å². The fourth-order valence-corrected chi connectivity index (χ4v) is 1.66. The third-order valence-corrected chi connectivity index (χ3v) is 2.58. The van der Waals surface area contributed by atoms with Gasteiger partial charge in [-0.15, -0.1) is 0 Å². The van der Waals surface area contributed by atoms with E-state index in [1.54, 1.807) is 13.0 Å². The number of hydrogen-bond donors (Lipinski definition) is 1. The number of nitrogens with zero attached hydrogens (tertiary/aromatic N) is 1. The highest BCUT2D eigenvalue weighted by molar-refractivity contribution is 5.39. The fourth-order valence-electron chi connectivity index (χ4n) is 1.66. The molecule has 7 heteroatoms. The summed E-state index contributed by atoms with van der Waals surface area (Å²) in [5.74, 6) is 0.0191. The third-order valence-electron chi connectivity index (χ3n) is 2.58. The van der Waals surface area contributed by atoms with Crippen LogP contribution < -0.4 is 4.74 Å². The van der Waals surface area contributed by atoms with Crippen LogP contribution in [-0.4, -0.2) is 10.3 Å². The van der Waals surface area contributed by atoms with Gasteiger partial charge in [0.05, 0.1) is 17.9 Å². The van der Waals surface area contributed by atoms with Crippen molar-refractivity contribution in [2.24, 2.45) is 0 Å². The molecule has 4 nitrogen and oxygen atoms in total. The topological polar surface area (TPSA) is 55.5 Å². The minimum absolute atomic E-state index is 0.150. The maximum atomic E-state index is 12.9. The normalized spacial score (nSPS) is 11.7. The Kier molecular flexibility index (Phi) is 3.99. The largest absolute Gasteiger partial charge is 0.485 e. The van der Waals surface area contributed by atoms with Crippen LogP contribution >= 0.6 is 0 Å². The van der Waals surface area contributed by atoms with Gasteiger partial charge < -0.3 is 14.4 Å². The highest BCUT2D eigenvalue weighted by Gasteiger charge is 2.34. The summed E-state index contributed by atoms with van der Waals surface area (Å²) in [6, 6.07) is 4.99. The zero-order valence-corrected chi connectivity index (χ0v) is 10.6. The number of hydrogen-bond acceptors (Lipinski definition) is 4. The van der Waals surface area contributed by atoms with Crippen LogP contribution in [-0.2, 0) is 19.4 Å². The van der Waals surface area contributed by atoms with E-state index in [1.165, 1.54) is 12.1 Å². The number of aliphatic hydroxyl groups is 1. The Balaban J connectivity index is 2.22. The number of alkyl halides is 3. The van der Waals surface area contributed by atoms with E-state index < -0.39 is 18.3 Å². The van der Waals surface area contributed by atoms with Crippen LogP contribution in [0.1, 0.15) is 22.6 Å². The van der Waals surface area contributed by atoms with Crippen LogP contribution in [0.15, 0.2) is 28.8 Å². The van der Waals surface area contributed by atoms with Crippen LogP contribution in [0.4, 0.5) is 13.2 Å². The molecular formula is C13H12F3NO3. The van der Waals surface area contributed by atoms with Crippen LogP contribution in [0, 0.1) is 6.92 Å². The molecule has 0 saturated carbocycles. The predicted octanol–water partition coefficient (Wildman–Crippen LogP) is 3.07. The van der Waals surface area contributed by atoms with E-state index in [2.05, 4.69) is 5.16 Å². The second-order valence-electron chi connectivity index (χ2n) is 4.21. The van der Waals surface area contributed by atoms with Gasteiger partial charge >= 0.3 is 6.18 Å². The van der Waals surface area contributed by atoms with Crippen molar-refractivity contribution >= 4 is 0 Å². The number of aryl methyl sites for hydroxylation is 1. The number of aromatic nitrogens is 1. The predicted molar refractivity (Wildman–Crippen MR) is 62.9 cm³/mol. The first-order valence-corrected chi connectivity index (χ1v) is 5.76. The van der Waals surface area contributed by atoms with Gasteiger partial charge in [-0.1, -0.05) is 11.2 Å². The van der Waals surface area contributed by atoms with E-state index in [0.29, 0.717) is 11.5 Å². The second kappa shape index (κ2) is 5.54. The molecule has 1 aromatic carbocycles. The monoisotopic (exact) mass is 287 g/mol. The van der Waals surface area contributed by atoms with Gasteiger partial charge in [-0.3, -0.25) is 0 Å². The summed E-state index contributed by atoms with van der Waals surface area (Å²) in [4.78, 5) is 0. The first-order chi connectivity index (χ1) is 9.40. The average molecular weight is 287 g/mol. The van der Waals surface area contributed by atoms with Crippen molar-refractivity contribution < 1.29 is 27.5 Å². The lowest BCUT2D eigenvalue weighted by molar-refractivity contribution is -0.139. The molecule has 0 aliphatic heterocycles. The maximum Gasteiger partial charge on any atom is 0.419 e. The Bertz CT molecular complexity index is 593. The molecule has 0 aliphatic rings. The smallest absolute Gasteiger partial charge is 0.419 e. The summed E-state index contributed by atoms with van der Waals surface area (Å²) >= 11 is 0. The summed E-state index contributed by atoms with van der Waals surface area (Å²) in [7, 11) is 0. The highest BCUT2D eigenvalue weighted by atomic mass is 19.4. The maximum absolute atomic E-state index is 12.9. The lowest BCUT2D eigenvalue weighted by Crippen LogP contribution is -2.09. The average Bonchev–Trinajstić information content (AvgIpc) is 2.81. The number of aliphatic hydroxyl groups excluding tert-OH is 1. The molecule has 0 saturated heterocycles. The van der Waals surface area contributed by atoms with Crippen molar-refractivity contribution in [3.63, 3.8) is 0 Å². The van der Waals surface area contributed by atoms with Gasteiger partial charge in [-0.25, -0.2) is 0 Å². The first-order valence-electron chi connectivity index (χ1n) is 5.76. The van der Waals surface area contributed by atoms with E-state index in [1.807, 2.05) is 0 Å². The van der Waals surface area contributed by atoms with Crippen molar-refractivity contribution in [2.45, 2.75) is 26.3 Å². The van der Waals surface area contributed by atoms with Crippen molar-refractivity contribution in [2.75, 3.05) is 0 Å². The van der Waals surface area contributed by atoms with Gasteiger partial charge in [0.1, 0.15) is 12.4 Å². The molecule has 108 valence electrons. The molecule has 0 radical (unpaired) electrons. The Morgan fingerprint density at radius 2 is 2.05 bits per heavy atom. The van der Waals surface area contributed by atoms with E-state index in [4.69, 9.17) is 14.4 Å². The van der Waals surface area contributed by atoms with E-state index >= 15 is 0 Å². The molecule has 0 fully saturated rings. The Morgan fingerprint density at radius 1 is 1.30 bits per heavy atom. The molecule has 2 rings (SSSR count). The molecular weight excluding hydrogens is 275 g/mol. The fraction of sp³-hybridized carbons (Fsp3) is 0.308. The molecule has 0 spiro atoms. The van der Waals surface area contributed by atoms with Gasteiger partial charge in [0.2, 0.25) is 0 Å². The summed E-state index contributed by atoms with van der Waals surface area (Å²) in [5, 5.41) is 12.5. The standard InChI is InChI=1S/C13H12F3NO3/c1-8-4-10(20-17-8)7-19-12-3-2-9(6-18)5-11(12)13(14,15)16/h2-5,18H,6-7H2,1H3. The van der Waals surface area contributed by atoms with Crippen molar-refractivity contribution in [1.29, 1.82) is 0 Å². The molecule has 0 bridgehead atoms. The lowest BCUT2D eigenvalue weighted by atomic mass is 10.1. The molecule has 0 unspecified atom stereocenters. The van der Waals surface area contributed by atoms with Crippen molar-refractivity contribution in [3.8, 4) is 5.75 Å². The second-order valence-corrected chi connectivity index (χ2v) is 4.21. The van der Waals surface area contributed by atoms with Crippen LogP contribution in [0.3, 0.4) is 0 Å². The van der Waals surface area contributed by atoms with Gasteiger partial charge in [-0.05, 0) is 24.6 Å². The Morgan fingerprint density at radius 3 is 2.60 bits per heavy atom. The van der Waals surface area contributed by atoms with Crippen LogP contribution in [0.5, 0.6) is 5.75 Å². The Hall–Kier alpha value is -2.02. The number of ether oxygens (including phenoxy) is 1. The molecule has 1 aromatic heterocycles. The number of benzene rings is 1. The molecule has 20 heavy (non-hydrogen) atoms. The summed E-state index contributed by atoms with van der Waals surface area (Å²) in [6.45, 7) is 1.08. The van der Waals surface area contributed by atoms with E-state index in [9.17, 15) is 13.2 Å². The number of halogens is 3. The molecule has 0 amide bonds. The molecule has 1 N–H and O–H groups in total.